The zero-order valence-corrected chi connectivity index (χ0v) is 15.6. The molecule has 0 amide bonds. The Bertz CT molecular complexity index is 972. The molecule has 0 saturated carbocycles. The Morgan fingerprint density at radius 3 is 2.59 bits per heavy atom. The highest BCUT2D eigenvalue weighted by molar-refractivity contribution is 5.94. The van der Waals surface area contributed by atoms with Gasteiger partial charge in [-0.3, -0.25) is 0 Å². The molecule has 138 valence electrons. The molecular weight excluding hydrogens is 342 g/mol. The lowest BCUT2D eigenvalue weighted by molar-refractivity contribution is 0.0598. The van der Waals surface area contributed by atoms with E-state index in [2.05, 4.69) is 17.3 Å². The van der Waals surface area contributed by atoms with Crippen LogP contribution in [0, 0.1) is 13.8 Å². The zero-order valence-electron chi connectivity index (χ0n) is 15.6. The number of fused-ring (bicyclic) bond motifs is 1. The number of carbonyl (C=O) groups is 1. The minimum Gasteiger partial charge on any atom is -0.492 e. The lowest BCUT2D eigenvalue weighted by atomic mass is 9.85. The quantitative estimate of drug-likeness (QED) is 0.643. The highest BCUT2D eigenvalue weighted by Crippen LogP contribution is 2.43. The number of aryl methyl sites for hydroxylation is 2. The molecule has 1 aromatic heterocycles. The van der Waals surface area contributed by atoms with Gasteiger partial charge in [-0.25, -0.2) is 4.79 Å². The third-order valence-corrected chi connectivity index (χ3v) is 5.12. The number of hydrogen-bond acceptors (Lipinski definition) is 5. The van der Waals surface area contributed by atoms with Crippen LogP contribution >= 0.6 is 0 Å². The van der Waals surface area contributed by atoms with Gasteiger partial charge in [0.1, 0.15) is 11.5 Å². The van der Waals surface area contributed by atoms with Crippen LogP contribution in [0.3, 0.4) is 0 Å². The Morgan fingerprint density at radius 1 is 1.15 bits per heavy atom. The van der Waals surface area contributed by atoms with Crippen LogP contribution in [0.4, 0.5) is 0 Å². The summed E-state index contributed by atoms with van der Waals surface area (Å²) in [5, 5.41) is 4.06. The van der Waals surface area contributed by atoms with Crippen LogP contribution in [0.1, 0.15) is 38.9 Å². The minimum absolute atomic E-state index is 0.182. The van der Waals surface area contributed by atoms with Gasteiger partial charge in [0.05, 0.1) is 30.5 Å². The summed E-state index contributed by atoms with van der Waals surface area (Å²) >= 11 is 0. The van der Waals surface area contributed by atoms with Crippen LogP contribution in [0.25, 0.3) is 11.1 Å². The predicted molar refractivity (Wildman–Crippen MR) is 101 cm³/mol. The van der Waals surface area contributed by atoms with Crippen molar-refractivity contribution in [2.24, 2.45) is 0 Å². The third kappa shape index (κ3) is 2.99. The molecule has 1 unspecified atom stereocenters. The SMILES string of the molecule is COC(=O)c1ccc(-c2c(C)noc2C)c2c1CC(c1ccccc1)CO2. The fraction of sp³-hybridized carbons (Fsp3) is 0.273. The monoisotopic (exact) mass is 363 g/mol. The number of ether oxygens (including phenoxy) is 2. The molecule has 1 atom stereocenters. The second-order valence-corrected chi connectivity index (χ2v) is 6.78. The summed E-state index contributed by atoms with van der Waals surface area (Å²) in [7, 11) is 1.40. The van der Waals surface area contributed by atoms with Gasteiger partial charge in [0.25, 0.3) is 0 Å². The van der Waals surface area contributed by atoms with Crippen LogP contribution in [-0.4, -0.2) is 24.8 Å². The average Bonchev–Trinajstić information content (AvgIpc) is 3.05. The molecule has 0 bridgehead atoms. The molecule has 1 aliphatic heterocycles. The van der Waals surface area contributed by atoms with Crippen molar-refractivity contribution >= 4 is 5.97 Å². The van der Waals surface area contributed by atoms with E-state index in [0.717, 1.165) is 33.9 Å². The van der Waals surface area contributed by atoms with E-state index >= 15 is 0 Å². The van der Waals surface area contributed by atoms with Gasteiger partial charge >= 0.3 is 5.97 Å². The Hall–Kier alpha value is -3.08. The first-order valence-electron chi connectivity index (χ1n) is 8.95. The first kappa shape index (κ1) is 17.3. The van der Waals surface area contributed by atoms with Crippen molar-refractivity contribution in [2.45, 2.75) is 26.2 Å². The van der Waals surface area contributed by atoms with Crippen molar-refractivity contribution in [3.8, 4) is 16.9 Å². The summed E-state index contributed by atoms with van der Waals surface area (Å²) in [6.07, 6.45) is 0.709. The highest BCUT2D eigenvalue weighted by atomic mass is 16.5. The van der Waals surface area contributed by atoms with Gasteiger partial charge in [0, 0.05) is 17.0 Å². The topological polar surface area (TPSA) is 61.6 Å². The van der Waals surface area contributed by atoms with E-state index in [4.69, 9.17) is 14.0 Å². The molecule has 0 saturated heterocycles. The first-order valence-corrected chi connectivity index (χ1v) is 8.95. The lowest BCUT2D eigenvalue weighted by Gasteiger charge is -2.29. The Labute approximate surface area is 157 Å². The maximum atomic E-state index is 12.4. The van der Waals surface area contributed by atoms with Gasteiger partial charge in [-0.05, 0) is 38.0 Å². The number of methoxy groups -OCH3 is 1. The van der Waals surface area contributed by atoms with Gasteiger partial charge in [-0.2, -0.15) is 0 Å². The standard InChI is InChI=1S/C22H21NO4/c1-13-20(14(2)27-23-13)18-10-9-17(22(24)25-3)19-11-16(12-26-21(18)19)15-7-5-4-6-8-15/h4-10,16H,11-12H2,1-3H3. The molecule has 0 aliphatic carbocycles. The van der Waals surface area contributed by atoms with E-state index < -0.39 is 0 Å². The van der Waals surface area contributed by atoms with Crippen LogP contribution in [0.5, 0.6) is 5.75 Å². The van der Waals surface area contributed by atoms with Gasteiger partial charge in [0.15, 0.2) is 0 Å². The minimum atomic E-state index is -0.353. The summed E-state index contributed by atoms with van der Waals surface area (Å²) < 4.78 is 16.5. The zero-order chi connectivity index (χ0) is 19.0. The van der Waals surface area contributed by atoms with Gasteiger partial charge < -0.3 is 14.0 Å². The third-order valence-electron chi connectivity index (χ3n) is 5.12. The first-order chi connectivity index (χ1) is 13.1. The van der Waals surface area contributed by atoms with E-state index in [0.29, 0.717) is 18.6 Å². The molecule has 0 radical (unpaired) electrons. The molecular formula is C22H21NO4. The van der Waals surface area contributed by atoms with Crippen molar-refractivity contribution in [2.75, 3.05) is 13.7 Å². The van der Waals surface area contributed by atoms with Crippen molar-refractivity contribution in [3.63, 3.8) is 0 Å². The fourth-order valence-electron chi connectivity index (χ4n) is 3.79. The Kier molecular flexibility index (Phi) is 4.44. The van der Waals surface area contributed by atoms with Crippen LogP contribution in [0.2, 0.25) is 0 Å². The summed E-state index contributed by atoms with van der Waals surface area (Å²) in [6, 6.07) is 13.9. The summed E-state index contributed by atoms with van der Waals surface area (Å²) in [5.74, 6) is 1.28. The molecule has 0 spiro atoms. The Morgan fingerprint density at radius 2 is 1.93 bits per heavy atom. The van der Waals surface area contributed by atoms with Crippen LogP contribution < -0.4 is 4.74 Å². The van der Waals surface area contributed by atoms with Gasteiger partial charge in [-0.1, -0.05) is 35.5 Å². The van der Waals surface area contributed by atoms with E-state index in [1.807, 2.05) is 44.2 Å². The van der Waals surface area contributed by atoms with Gasteiger partial charge in [-0.15, -0.1) is 0 Å². The molecule has 4 rings (SSSR count). The number of rotatable bonds is 3. The number of hydrogen-bond donors (Lipinski definition) is 0. The van der Waals surface area contributed by atoms with E-state index in [9.17, 15) is 4.79 Å². The molecule has 2 heterocycles. The molecule has 3 aromatic rings. The second-order valence-electron chi connectivity index (χ2n) is 6.78. The van der Waals surface area contributed by atoms with Crippen LogP contribution in [-0.2, 0) is 11.2 Å². The highest BCUT2D eigenvalue weighted by Gasteiger charge is 2.30. The molecule has 1 aliphatic rings. The molecule has 5 heteroatoms. The lowest BCUT2D eigenvalue weighted by Crippen LogP contribution is -2.22. The number of aromatic nitrogens is 1. The normalized spacial score (nSPS) is 15.7. The van der Waals surface area contributed by atoms with E-state index in [-0.39, 0.29) is 11.9 Å². The van der Waals surface area contributed by atoms with Gasteiger partial charge in [0.2, 0.25) is 0 Å². The molecule has 0 N–H and O–H groups in total. The van der Waals surface area contributed by atoms with Crippen LogP contribution in [0.15, 0.2) is 47.0 Å². The second kappa shape index (κ2) is 6.91. The maximum Gasteiger partial charge on any atom is 0.338 e. The average molecular weight is 363 g/mol. The van der Waals surface area contributed by atoms with Crippen molar-refractivity contribution in [3.05, 3.63) is 70.6 Å². The molecule has 2 aromatic carbocycles. The molecule has 27 heavy (non-hydrogen) atoms. The largest absolute Gasteiger partial charge is 0.492 e. The molecule has 5 nitrogen and oxygen atoms in total. The van der Waals surface area contributed by atoms with Crippen molar-refractivity contribution in [1.29, 1.82) is 0 Å². The van der Waals surface area contributed by atoms with Crippen molar-refractivity contribution in [1.82, 2.24) is 5.16 Å². The maximum absolute atomic E-state index is 12.4. The number of benzene rings is 2. The smallest absolute Gasteiger partial charge is 0.338 e. The predicted octanol–water partition coefficient (Wildman–Crippen LogP) is 4.46. The fourth-order valence-corrected chi connectivity index (χ4v) is 3.79. The summed E-state index contributed by atoms with van der Waals surface area (Å²) in [5.41, 5.74) is 5.24. The molecule has 0 fully saturated rings. The number of nitrogens with zero attached hydrogens (tertiary/aromatic N) is 1. The van der Waals surface area contributed by atoms with E-state index in [1.54, 1.807) is 0 Å². The number of carbonyl (C=O) groups excluding carboxylic acids is 1. The van der Waals surface area contributed by atoms with E-state index in [1.165, 1.54) is 12.7 Å². The summed E-state index contributed by atoms with van der Waals surface area (Å²) in [4.78, 5) is 12.4. The number of esters is 1. The van der Waals surface area contributed by atoms with Crippen molar-refractivity contribution < 1.29 is 18.8 Å². The Balaban J connectivity index is 1.85. The summed E-state index contributed by atoms with van der Waals surface area (Å²) in [6.45, 7) is 4.34.